The number of carbonyl (C=O) groups is 1. The summed E-state index contributed by atoms with van der Waals surface area (Å²) >= 11 is 7.47. The number of halogens is 1. The summed E-state index contributed by atoms with van der Waals surface area (Å²) in [5.41, 5.74) is 5.22. The van der Waals surface area contributed by atoms with Crippen LogP contribution in [0.25, 0.3) is 17.1 Å². The van der Waals surface area contributed by atoms with Gasteiger partial charge >= 0.3 is 0 Å². The average molecular weight is 447 g/mol. The maximum atomic E-state index is 12.9. The van der Waals surface area contributed by atoms with E-state index in [0.29, 0.717) is 21.8 Å². The van der Waals surface area contributed by atoms with E-state index >= 15 is 0 Å². The highest BCUT2D eigenvalue weighted by molar-refractivity contribution is 7.99. The minimum absolute atomic E-state index is 0.0933. The van der Waals surface area contributed by atoms with Crippen LogP contribution in [0.15, 0.2) is 72.1 Å². The highest BCUT2D eigenvalue weighted by atomic mass is 35.5. The number of carbonyl (C=O) groups excluding carboxylic acids is 1. The van der Waals surface area contributed by atoms with E-state index in [0.717, 1.165) is 29.7 Å². The number of ketones is 1. The lowest BCUT2D eigenvalue weighted by Gasteiger charge is -2.10. The molecule has 2 aromatic carbocycles. The number of pyridine rings is 1. The summed E-state index contributed by atoms with van der Waals surface area (Å²) < 4.78 is 1.95. The second kappa shape index (κ2) is 8.65. The van der Waals surface area contributed by atoms with Gasteiger partial charge in [-0.1, -0.05) is 35.5 Å². The van der Waals surface area contributed by atoms with Crippen LogP contribution in [0, 0.1) is 0 Å². The fourth-order valence-corrected chi connectivity index (χ4v) is 4.81. The molecule has 0 N–H and O–H groups in total. The molecule has 0 fully saturated rings. The first kappa shape index (κ1) is 20.0. The molecule has 5 nitrogen and oxygen atoms in total. The van der Waals surface area contributed by atoms with E-state index in [-0.39, 0.29) is 5.78 Å². The van der Waals surface area contributed by atoms with E-state index < -0.39 is 0 Å². The monoisotopic (exact) mass is 446 g/mol. The predicted molar refractivity (Wildman–Crippen MR) is 123 cm³/mol. The van der Waals surface area contributed by atoms with Gasteiger partial charge in [-0.15, -0.1) is 10.2 Å². The molecular weight excluding hydrogens is 428 g/mol. The van der Waals surface area contributed by atoms with Gasteiger partial charge in [-0.3, -0.25) is 14.3 Å². The zero-order valence-corrected chi connectivity index (χ0v) is 18.2. The quantitative estimate of drug-likeness (QED) is 0.291. The van der Waals surface area contributed by atoms with Crippen molar-refractivity contribution in [1.82, 2.24) is 19.7 Å². The number of hydrogen-bond acceptors (Lipinski definition) is 5. The molecule has 0 bridgehead atoms. The number of nitrogens with zero attached hydrogens (tertiary/aromatic N) is 4. The lowest BCUT2D eigenvalue weighted by atomic mass is 10.0. The summed E-state index contributed by atoms with van der Waals surface area (Å²) in [5.74, 6) is 1.08. The van der Waals surface area contributed by atoms with Crippen molar-refractivity contribution in [3.05, 3.63) is 88.7 Å². The van der Waals surface area contributed by atoms with Gasteiger partial charge in [0.15, 0.2) is 16.8 Å². The van der Waals surface area contributed by atoms with Gasteiger partial charge in [0.25, 0.3) is 0 Å². The van der Waals surface area contributed by atoms with E-state index in [1.807, 2.05) is 47.0 Å². The first-order valence-corrected chi connectivity index (χ1v) is 11.4. The van der Waals surface area contributed by atoms with Gasteiger partial charge in [-0.25, -0.2) is 0 Å². The summed E-state index contributed by atoms with van der Waals surface area (Å²) in [6.07, 6.45) is 6.79. The predicted octanol–water partition coefficient (Wildman–Crippen LogP) is 5.45. The molecule has 1 aliphatic carbocycles. The summed E-state index contributed by atoms with van der Waals surface area (Å²) in [6.45, 7) is 0. The molecule has 4 aromatic rings. The smallest absolute Gasteiger partial charge is 0.196 e. The maximum Gasteiger partial charge on any atom is 0.196 e. The van der Waals surface area contributed by atoms with Crippen LogP contribution in [0.3, 0.4) is 0 Å². The molecule has 0 saturated carbocycles. The van der Waals surface area contributed by atoms with Gasteiger partial charge < -0.3 is 0 Å². The largest absolute Gasteiger partial charge is 0.293 e. The number of benzene rings is 2. The number of rotatable bonds is 6. The summed E-state index contributed by atoms with van der Waals surface area (Å²) in [5, 5.41) is 10.1. The number of fused-ring (bicyclic) bond motifs is 1. The van der Waals surface area contributed by atoms with Crippen molar-refractivity contribution in [2.45, 2.75) is 24.4 Å². The standard InChI is InChI=1S/C24H19ClN4OS/c25-20-6-8-21(9-7-20)29-23(17-10-12-26-13-11-17)27-28-24(29)31-15-22(30)19-5-4-16-2-1-3-18(16)14-19/h4-14H,1-3,15H2. The Morgan fingerprint density at radius 3 is 2.55 bits per heavy atom. The normalized spacial score (nSPS) is 12.7. The number of thioether (sulfide) groups is 1. The zero-order valence-electron chi connectivity index (χ0n) is 16.7. The Kier molecular flexibility index (Phi) is 5.57. The first-order chi connectivity index (χ1) is 15.2. The van der Waals surface area contributed by atoms with Crippen molar-refractivity contribution in [1.29, 1.82) is 0 Å². The maximum absolute atomic E-state index is 12.9. The molecule has 0 saturated heterocycles. The SMILES string of the molecule is O=C(CSc1nnc(-c2ccncc2)n1-c1ccc(Cl)cc1)c1ccc2c(c1)CCC2. The van der Waals surface area contributed by atoms with E-state index in [9.17, 15) is 4.79 Å². The Morgan fingerprint density at radius 1 is 0.968 bits per heavy atom. The average Bonchev–Trinajstić information content (AvgIpc) is 3.45. The molecule has 5 rings (SSSR count). The van der Waals surface area contributed by atoms with Crippen molar-refractivity contribution in [2.75, 3.05) is 5.75 Å². The second-order valence-corrected chi connectivity index (χ2v) is 8.78. The van der Waals surface area contributed by atoms with Gasteiger partial charge in [0.2, 0.25) is 0 Å². The van der Waals surface area contributed by atoms with Crippen molar-refractivity contribution in [2.24, 2.45) is 0 Å². The molecule has 2 aromatic heterocycles. The van der Waals surface area contributed by atoms with Gasteiger partial charge in [-0.2, -0.15) is 0 Å². The van der Waals surface area contributed by atoms with Crippen LogP contribution in [0.4, 0.5) is 0 Å². The van der Waals surface area contributed by atoms with Crippen LogP contribution in [0.1, 0.15) is 27.9 Å². The molecule has 0 unspecified atom stereocenters. The van der Waals surface area contributed by atoms with Crippen molar-refractivity contribution in [3.63, 3.8) is 0 Å². The van der Waals surface area contributed by atoms with Crippen LogP contribution in [0.5, 0.6) is 0 Å². The molecular formula is C24H19ClN4OS. The highest BCUT2D eigenvalue weighted by Gasteiger charge is 2.19. The molecule has 0 amide bonds. The fourth-order valence-electron chi connectivity index (χ4n) is 3.83. The topological polar surface area (TPSA) is 60.7 Å². The first-order valence-electron chi connectivity index (χ1n) is 10.1. The molecule has 0 atom stereocenters. The molecule has 154 valence electrons. The summed E-state index contributed by atoms with van der Waals surface area (Å²) in [4.78, 5) is 17.0. The van der Waals surface area contributed by atoms with E-state index in [1.54, 1.807) is 12.4 Å². The Hall–Kier alpha value is -2.96. The van der Waals surface area contributed by atoms with Crippen molar-refractivity contribution < 1.29 is 4.79 Å². The van der Waals surface area contributed by atoms with E-state index in [2.05, 4.69) is 27.3 Å². The summed E-state index contributed by atoms with van der Waals surface area (Å²) in [6, 6.07) is 17.4. The second-order valence-electron chi connectivity index (χ2n) is 7.40. The number of hydrogen-bond donors (Lipinski definition) is 0. The lowest BCUT2D eigenvalue weighted by Crippen LogP contribution is -2.05. The Labute approximate surface area is 189 Å². The number of Topliss-reactive ketones (excluding diaryl/α,β-unsaturated/α-hetero) is 1. The van der Waals surface area contributed by atoms with Crippen LogP contribution < -0.4 is 0 Å². The molecule has 0 radical (unpaired) electrons. The molecule has 0 spiro atoms. The number of aryl methyl sites for hydroxylation is 2. The molecule has 7 heteroatoms. The van der Waals surface area contributed by atoms with Crippen LogP contribution in [-0.4, -0.2) is 31.3 Å². The lowest BCUT2D eigenvalue weighted by molar-refractivity contribution is 0.102. The minimum atomic E-state index is 0.0933. The van der Waals surface area contributed by atoms with E-state index in [1.165, 1.54) is 29.3 Å². The van der Waals surface area contributed by atoms with Crippen LogP contribution in [-0.2, 0) is 12.8 Å². The van der Waals surface area contributed by atoms with Crippen molar-refractivity contribution in [3.8, 4) is 17.1 Å². The fraction of sp³-hybridized carbons (Fsp3) is 0.167. The van der Waals surface area contributed by atoms with Crippen LogP contribution >= 0.6 is 23.4 Å². The number of aromatic nitrogens is 4. The molecule has 2 heterocycles. The highest BCUT2D eigenvalue weighted by Crippen LogP contribution is 2.29. The van der Waals surface area contributed by atoms with E-state index in [4.69, 9.17) is 11.6 Å². The Balaban J connectivity index is 1.44. The molecule has 0 aliphatic heterocycles. The third-order valence-corrected chi connectivity index (χ3v) is 6.59. The third kappa shape index (κ3) is 4.13. The van der Waals surface area contributed by atoms with Gasteiger partial charge in [0, 0.05) is 34.2 Å². The molecule has 31 heavy (non-hydrogen) atoms. The van der Waals surface area contributed by atoms with Gasteiger partial charge in [0.05, 0.1) is 5.75 Å². The van der Waals surface area contributed by atoms with Gasteiger partial charge in [0.1, 0.15) is 0 Å². The summed E-state index contributed by atoms with van der Waals surface area (Å²) in [7, 11) is 0. The zero-order chi connectivity index (χ0) is 21.2. The Bertz CT molecular complexity index is 1240. The Morgan fingerprint density at radius 2 is 1.74 bits per heavy atom. The van der Waals surface area contributed by atoms with Crippen molar-refractivity contribution >= 4 is 29.1 Å². The molecule has 1 aliphatic rings. The minimum Gasteiger partial charge on any atom is -0.293 e. The van der Waals surface area contributed by atoms with Gasteiger partial charge in [-0.05, 0) is 72.9 Å². The van der Waals surface area contributed by atoms with Crippen LogP contribution in [0.2, 0.25) is 5.02 Å². The third-order valence-electron chi connectivity index (χ3n) is 5.41.